The van der Waals surface area contributed by atoms with Gasteiger partial charge in [-0.2, -0.15) is 5.10 Å². The van der Waals surface area contributed by atoms with Crippen LogP contribution in [0, 0.1) is 5.82 Å². The summed E-state index contributed by atoms with van der Waals surface area (Å²) >= 11 is 0. The highest BCUT2D eigenvalue weighted by Crippen LogP contribution is 2.28. The second-order valence-electron chi connectivity index (χ2n) is 5.24. The molecule has 3 rings (SSSR count). The Morgan fingerprint density at radius 3 is 2.50 bits per heavy atom. The van der Waals surface area contributed by atoms with Crippen LogP contribution in [0.3, 0.4) is 0 Å². The Hall–Kier alpha value is -2.46. The molecule has 0 saturated carbocycles. The fourth-order valence-corrected chi connectivity index (χ4v) is 2.69. The summed E-state index contributed by atoms with van der Waals surface area (Å²) in [6.45, 7) is 0.686. The average molecular weight is 295 g/mol. The summed E-state index contributed by atoms with van der Waals surface area (Å²) in [6.07, 6.45) is 3.65. The first-order chi connectivity index (χ1) is 10.8. The van der Waals surface area contributed by atoms with Crippen molar-refractivity contribution in [2.45, 2.75) is 5.92 Å². The summed E-state index contributed by atoms with van der Waals surface area (Å²) in [7, 11) is 1.88. The van der Waals surface area contributed by atoms with Crippen LogP contribution in [0.5, 0.6) is 0 Å². The number of halogens is 1. The van der Waals surface area contributed by atoms with Gasteiger partial charge in [-0.15, -0.1) is 0 Å². The molecule has 4 heteroatoms. The number of H-pyrrole nitrogens is 1. The lowest BCUT2D eigenvalue weighted by atomic mass is 9.90. The molecule has 0 bridgehead atoms. The normalized spacial score (nSPS) is 12.3. The van der Waals surface area contributed by atoms with E-state index in [4.69, 9.17) is 0 Å². The molecule has 2 aromatic carbocycles. The van der Waals surface area contributed by atoms with E-state index in [1.807, 2.05) is 37.5 Å². The molecule has 0 fully saturated rings. The van der Waals surface area contributed by atoms with E-state index in [1.54, 1.807) is 12.3 Å². The van der Waals surface area contributed by atoms with Crippen molar-refractivity contribution < 1.29 is 4.39 Å². The van der Waals surface area contributed by atoms with E-state index in [0.717, 1.165) is 16.7 Å². The minimum Gasteiger partial charge on any atom is -0.319 e. The Kier molecular flexibility index (Phi) is 4.30. The third kappa shape index (κ3) is 2.92. The van der Waals surface area contributed by atoms with Crippen LogP contribution in [0.2, 0.25) is 0 Å². The second kappa shape index (κ2) is 6.54. The molecule has 1 aromatic heterocycles. The van der Waals surface area contributed by atoms with Gasteiger partial charge in [0.2, 0.25) is 0 Å². The molecule has 22 heavy (non-hydrogen) atoms. The molecule has 1 atom stereocenters. The summed E-state index contributed by atoms with van der Waals surface area (Å²) in [5.41, 5.74) is 3.94. The predicted molar refractivity (Wildman–Crippen MR) is 86.2 cm³/mol. The Balaban J connectivity index is 1.94. The fourth-order valence-electron chi connectivity index (χ4n) is 2.69. The van der Waals surface area contributed by atoms with E-state index >= 15 is 0 Å². The number of benzene rings is 2. The minimum atomic E-state index is -0.165. The van der Waals surface area contributed by atoms with Crippen molar-refractivity contribution >= 4 is 0 Å². The van der Waals surface area contributed by atoms with Crippen molar-refractivity contribution in [3.63, 3.8) is 0 Å². The quantitative estimate of drug-likeness (QED) is 0.755. The van der Waals surface area contributed by atoms with Gasteiger partial charge in [0.05, 0.1) is 6.20 Å². The van der Waals surface area contributed by atoms with Gasteiger partial charge >= 0.3 is 0 Å². The van der Waals surface area contributed by atoms with E-state index in [0.29, 0.717) is 12.1 Å². The Morgan fingerprint density at radius 2 is 1.86 bits per heavy atom. The van der Waals surface area contributed by atoms with Crippen molar-refractivity contribution in [3.8, 4) is 11.1 Å². The van der Waals surface area contributed by atoms with E-state index in [9.17, 15) is 4.39 Å². The van der Waals surface area contributed by atoms with E-state index in [2.05, 4.69) is 27.6 Å². The first-order valence-corrected chi connectivity index (χ1v) is 7.27. The first-order valence-electron chi connectivity index (χ1n) is 7.27. The highest BCUT2D eigenvalue weighted by molar-refractivity contribution is 5.62. The largest absolute Gasteiger partial charge is 0.319 e. The number of aromatic nitrogens is 2. The summed E-state index contributed by atoms with van der Waals surface area (Å²) in [4.78, 5) is 0. The number of nitrogens with zero attached hydrogens (tertiary/aromatic N) is 1. The smallest absolute Gasteiger partial charge is 0.127 e. The molecule has 3 aromatic rings. The van der Waals surface area contributed by atoms with Crippen LogP contribution in [0.25, 0.3) is 11.1 Å². The standard InChI is InChI=1S/C18H18FN3/c1-20-12-17(16-4-2-3-5-18(16)19)14-8-6-13(7-9-14)15-10-21-22-11-15/h2-11,17,20H,12H2,1H3,(H,21,22). The molecule has 1 heterocycles. The molecule has 112 valence electrons. The molecule has 0 amide bonds. The lowest BCUT2D eigenvalue weighted by Gasteiger charge is -2.18. The number of hydrogen-bond donors (Lipinski definition) is 2. The SMILES string of the molecule is CNCC(c1ccc(-c2cn[nH]c2)cc1)c1ccccc1F. The van der Waals surface area contributed by atoms with Gasteiger partial charge in [-0.1, -0.05) is 42.5 Å². The highest BCUT2D eigenvalue weighted by atomic mass is 19.1. The van der Waals surface area contributed by atoms with Gasteiger partial charge in [-0.3, -0.25) is 5.10 Å². The summed E-state index contributed by atoms with van der Waals surface area (Å²) in [5.74, 6) is -0.175. The van der Waals surface area contributed by atoms with Crippen molar-refractivity contribution in [3.05, 3.63) is 77.9 Å². The third-order valence-electron chi connectivity index (χ3n) is 3.83. The molecule has 0 aliphatic rings. The van der Waals surface area contributed by atoms with Gasteiger partial charge < -0.3 is 5.32 Å². The van der Waals surface area contributed by atoms with Gasteiger partial charge in [0.25, 0.3) is 0 Å². The van der Waals surface area contributed by atoms with Crippen LogP contribution < -0.4 is 5.32 Å². The number of aromatic amines is 1. The average Bonchev–Trinajstić information content (AvgIpc) is 3.08. The first kappa shape index (κ1) is 14.5. The van der Waals surface area contributed by atoms with Crippen molar-refractivity contribution in [1.29, 1.82) is 0 Å². The number of likely N-dealkylation sites (N-methyl/N-ethyl adjacent to an activating group) is 1. The molecular formula is C18H18FN3. The summed E-state index contributed by atoms with van der Waals surface area (Å²) < 4.78 is 14.1. The van der Waals surface area contributed by atoms with Crippen molar-refractivity contribution in [2.24, 2.45) is 0 Å². The van der Waals surface area contributed by atoms with Crippen LogP contribution in [-0.4, -0.2) is 23.8 Å². The van der Waals surface area contributed by atoms with E-state index in [1.165, 1.54) is 6.07 Å². The highest BCUT2D eigenvalue weighted by Gasteiger charge is 2.17. The summed E-state index contributed by atoms with van der Waals surface area (Å²) in [5, 5.41) is 9.92. The van der Waals surface area contributed by atoms with Crippen LogP contribution in [0.1, 0.15) is 17.0 Å². The van der Waals surface area contributed by atoms with Crippen LogP contribution in [0.4, 0.5) is 4.39 Å². The number of rotatable bonds is 5. The Labute approximate surface area is 129 Å². The van der Waals surface area contributed by atoms with Gasteiger partial charge in [-0.25, -0.2) is 4.39 Å². The molecule has 0 radical (unpaired) electrons. The Bertz CT molecular complexity index is 720. The van der Waals surface area contributed by atoms with Crippen LogP contribution >= 0.6 is 0 Å². The zero-order valence-corrected chi connectivity index (χ0v) is 12.4. The minimum absolute atomic E-state index is 0.00963. The zero-order chi connectivity index (χ0) is 15.4. The topological polar surface area (TPSA) is 40.7 Å². The van der Waals surface area contributed by atoms with E-state index < -0.39 is 0 Å². The second-order valence-corrected chi connectivity index (χ2v) is 5.24. The fraction of sp³-hybridized carbons (Fsp3) is 0.167. The van der Waals surface area contributed by atoms with Crippen molar-refractivity contribution in [2.75, 3.05) is 13.6 Å². The summed E-state index contributed by atoms with van der Waals surface area (Å²) in [6, 6.07) is 15.2. The molecule has 3 nitrogen and oxygen atoms in total. The molecule has 0 aliphatic carbocycles. The molecule has 1 unspecified atom stereocenters. The third-order valence-corrected chi connectivity index (χ3v) is 3.83. The van der Waals surface area contributed by atoms with Gasteiger partial charge in [0.15, 0.2) is 0 Å². The molecule has 0 saturated heterocycles. The van der Waals surface area contributed by atoms with Gasteiger partial charge in [0.1, 0.15) is 5.82 Å². The zero-order valence-electron chi connectivity index (χ0n) is 12.4. The van der Waals surface area contributed by atoms with Crippen molar-refractivity contribution in [1.82, 2.24) is 15.5 Å². The maximum atomic E-state index is 14.1. The maximum absolute atomic E-state index is 14.1. The number of hydrogen-bond acceptors (Lipinski definition) is 2. The molecular weight excluding hydrogens is 277 g/mol. The molecule has 0 aliphatic heterocycles. The lowest BCUT2D eigenvalue weighted by Crippen LogP contribution is -2.19. The van der Waals surface area contributed by atoms with Gasteiger partial charge in [-0.05, 0) is 29.8 Å². The molecule has 2 N–H and O–H groups in total. The predicted octanol–water partition coefficient (Wildman–Crippen LogP) is 3.57. The maximum Gasteiger partial charge on any atom is 0.127 e. The van der Waals surface area contributed by atoms with Gasteiger partial charge in [0, 0.05) is 24.2 Å². The van der Waals surface area contributed by atoms with E-state index in [-0.39, 0.29) is 11.7 Å². The van der Waals surface area contributed by atoms with Crippen LogP contribution in [-0.2, 0) is 0 Å². The molecule has 0 spiro atoms. The lowest BCUT2D eigenvalue weighted by molar-refractivity contribution is 0.587. The monoisotopic (exact) mass is 295 g/mol. The number of nitrogens with one attached hydrogen (secondary N) is 2. The Morgan fingerprint density at radius 1 is 1.09 bits per heavy atom. The van der Waals surface area contributed by atoms with Crippen LogP contribution in [0.15, 0.2) is 60.9 Å².